The Labute approximate surface area is 115 Å². The van der Waals surface area contributed by atoms with Crippen LogP contribution in [-0.2, 0) is 0 Å². The molecule has 0 radical (unpaired) electrons. The van der Waals surface area contributed by atoms with Crippen LogP contribution in [0.15, 0.2) is 24.3 Å². The molecule has 1 aromatic carbocycles. The van der Waals surface area contributed by atoms with Crippen molar-refractivity contribution in [3.8, 4) is 0 Å². The van der Waals surface area contributed by atoms with E-state index in [0.717, 1.165) is 6.04 Å². The molecule has 0 aliphatic carbocycles. The summed E-state index contributed by atoms with van der Waals surface area (Å²) in [6.45, 7) is 4.81. The fourth-order valence-corrected chi connectivity index (χ4v) is 3.16. The van der Waals surface area contributed by atoms with Gasteiger partial charge in [-0.05, 0) is 75.5 Å². The Morgan fingerprint density at radius 1 is 1.11 bits per heavy atom. The highest BCUT2D eigenvalue weighted by Crippen LogP contribution is 2.28. The molecule has 0 aromatic heterocycles. The van der Waals surface area contributed by atoms with Crippen molar-refractivity contribution >= 4 is 0 Å². The molecule has 2 nitrogen and oxygen atoms in total. The molecular formula is C16H23FN2. The van der Waals surface area contributed by atoms with Gasteiger partial charge in [0.15, 0.2) is 0 Å². The molecule has 0 unspecified atom stereocenters. The maximum absolute atomic E-state index is 12.9. The lowest BCUT2D eigenvalue weighted by molar-refractivity contribution is 0.192. The first-order valence-electron chi connectivity index (χ1n) is 7.52. The van der Waals surface area contributed by atoms with Crippen LogP contribution in [0.2, 0.25) is 0 Å². The third-order valence-corrected chi connectivity index (χ3v) is 4.65. The van der Waals surface area contributed by atoms with Crippen LogP contribution in [0.3, 0.4) is 0 Å². The van der Waals surface area contributed by atoms with Crippen LogP contribution in [0, 0.1) is 5.82 Å². The van der Waals surface area contributed by atoms with Gasteiger partial charge >= 0.3 is 0 Å². The predicted molar refractivity (Wildman–Crippen MR) is 75.8 cm³/mol. The average Bonchev–Trinajstić information content (AvgIpc) is 2.39. The summed E-state index contributed by atoms with van der Waals surface area (Å²) in [5.74, 6) is 0.493. The largest absolute Gasteiger partial charge is 0.314 e. The lowest BCUT2D eigenvalue weighted by atomic mass is 9.89. The maximum atomic E-state index is 12.9. The minimum atomic E-state index is -0.130. The quantitative estimate of drug-likeness (QED) is 0.897. The van der Waals surface area contributed by atoms with Crippen LogP contribution >= 0.6 is 0 Å². The number of nitrogens with one attached hydrogen (secondary N) is 1. The molecular weight excluding hydrogens is 239 g/mol. The molecule has 1 atom stereocenters. The molecule has 1 N–H and O–H groups in total. The van der Waals surface area contributed by atoms with Crippen molar-refractivity contribution in [2.24, 2.45) is 0 Å². The Hall–Kier alpha value is -0.930. The smallest absolute Gasteiger partial charge is 0.123 e. The monoisotopic (exact) mass is 262 g/mol. The molecule has 2 aliphatic rings. The normalized spacial score (nSPS) is 25.2. The third-order valence-electron chi connectivity index (χ3n) is 4.65. The van der Waals surface area contributed by atoms with Gasteiger partial charge in [0, 0.05) is 6.04 Å². The summed E-state index contributed by atoms with van der Waals surface area (Å²) >= 11 is 0. The number of hydrogen-bond acceptors (Lipinski definition) is 2. The fraction of sp³-hybridized carbons (Fsp3) is 0.625. The Bertz CT molecular complexity index is 392. The first-order valence-corrected chi connectivity index (χ1v) is 7.52. The van der Waals surface area contributed by atoms with Gasteiger partial charge in [-0.25, -0.2) is 4.39 Å². The summed E-state index contributed by atoms with van der Waals surface area (Å²) in [6.07, 6.45) is 5.07. The zero-order chi connectivity index (χ0) is 13.1. The number of rotatable bonds is 4. The highest BCUT2D eigenvalue weighted by molar-refractivity contribution is 5.21. The lowest BCUT2D eigenvalue weighted by Gasteiger charge is -2.35. The van der Waals surface area contributed by atoms with Crippen molar-refractivity contribution in [3.05, 3.63) is 35.6 Å². The van der Waals surface area contributed by atoms with E-state index < -0.39 is 0 Å². The van der Waals surface area contributed by atoms with Crippen LogP contribution in [0.1, 0.15) is 37.2 Å². The van der Waals surface area contributed by atoms with Crippen molar-refractivity contribution in [3.63, 3.8) is 0 Å². The van der Waals surface area contributed by atoms with Crippen LogP contribution < -0.4 is 5.32 Å². The number of nitrogens with zero attached hydrogens (tertiary/aromatic N) is 1. The van der Waals surface area contributed by atoms with Gasteiger partial charge in [0.1, 0.15) is 5.82 Å². The van der Waals surface area contributed by atoms with Crippen LogP contribution in [0.25, 0.3) is 0 Å². The minimum Gasteiger partial charge on any atom is -0.314 e. The van der Waals surface area contributed by atoms with E-state index in [1.54, 1.807) is 12.1 Å². The second-order valence-corrected chi connectivity index (χ2v) is 5.90. The van der Waals surface area contributed by atoms with E-state index in [0.29, 0.717) is 5.92 Å². The van der Waals surface area contributed by atoms with Gasteiger partial charge in [-0.2, -0.15) is 0 Å². The number of benzene rings is 1. The van der Waals surface area contributed by atoms with Crippen molar-refractivity contribution < 1.29 is 4.39 Å². The van der Waals surface area contributed by atoms with Crippen LogP contribution in [0.5, 0.6) is 0 Å². The van der Waals surface area contributed by atoms with Gasteiger partial charge in [0.25, 0.3) is 0 Å². The van der Waals surface area contributed by atoms with Gasteiger partial charge in [-0.1, -0.05) is 12.1 Å². The Kier molecular flexibility index (Phi) is 4.14. The summed E-state index contributed by atoms with van der Waals surface area (Å²) in [5.41, 5.74) is 1.31. The molecule has 3 heteroatoms. The second kappa shape index (κ2) is 6.02. The topological polar surface area (TPSA) is 15.3 Å². The number of hydrogen-bond donors (Lipinski definition) is 1. The third kappa shape index (κ3) is 3.34. The molecule has 2 aliphatic heterocycles. The van der Waals surface area contributed by atoms with E-state index in [1.165, 1.54) is 57.4 Å². The molecule has 3 rings (SSSR count). The van der Waals surface area contributed by atoms with Crippen molar-refractivity contribution in [1.29, 1.82) is 0 Å². The fourth-order valence-electron chi connectivity index (χ4n) is 3.16. The average molecular weight is 262 g/mol. The molecule has 2 heterocycles. The number of piperidine rings is 1. The molecule has 19 heavy (non-hydrogen) atoms. The highest BCUT2D eigenvalue weighted by Gasteiger charge is 2.22. The Morgan fingerprint density at radius 3 is 2.37 bits per heavy atom. The maximum Gasteiger partial charge on any atom is 0.123 e. The van der Waals surface area contributed by atoms with E-state index in [9.17, 15) is 4.39 Å². The SMILES string of the molecule is Fc1ccc(C2CCN(CC[C@@H]3CCN3)CC2)cc1. The lowest BCUT2D eigenvalue weighted by Crippen LogP contribution is -2.45. The van der Waals surface area contributed by atoms with Gasteiger partial charge < -0.3 is 10.2 Å². The van der Waals surface area contributed by atoms with Crippen LogP contribution in [0.4, 0.5) is 4.39 Å². The summed E-state index contributed by atoms with van der Waals surface area (Å²) in [7, 11) is 0. The molecule has 0 bridgehead atoms. The predicted octanol–water partition coefficient (Wildman–Crippen LogP) is 2.76. The molecule has 0 spiro atoms. The van der Waals surface area contributed by atoms with Gasteiger partial charge in [-0.3, -0.25) is 0 Å². The Balaban J connectivity index is 1.44. The molecule has 0 amide bonds. The summed E-state index contributed by atoms with van der Waals surface area (Å²) in [4.78, 5) is 2.58. The van der Waals surface area contributed by atoms with Gasteiger partial charge in [0.2, 0.25) is 0 Å². The first kappa shape index (κ1) is 13.1. The highest BCUT2D eigenvalue weighted by atomic mass is 19.1. The van der Waals surface area contributed by atoms with Gasteiger partial charge in [0.05, 0.1) is 0 Å². The Morgan fingerprint density at radius 2 is 1.79 bits per heavy atom. The molecule has 104 valence electrons. The molecule has 1 aromatic rings. The number of halogens is 1. The molecule has 0 saturated carbocycles. The van der Waals surface area contributed by atoms with E-state index >= 15 is 0 Å². The first-order chi connectivity index (χ1) is 9.31. The van der Waals surface area contributed by atoms with Crippen molar-refractivity contribution in [1.82, 2.24) is 10.2 Å². The summed E-state index contributed by atoms with van der Waals surface area (Å²) < 4.78 is 12.9. The standard InChI is InChI=1S/C16H23FN2/c17-15-3-1-13(2-4-15)14-6-10-19(11-7-14)12-8-16-5-9-18-16/h1-4,14,16,18H,5-12H2/t16-/m0/s1. The van der Waals surface area contributed by atoms with E-state index in [-0.39, 0.29) is 5.82 Å². The summed E-state index contributed by atoms with van der Waals surface area (Å²) in [5, 5.41) is 3.46. The summed E-state index contributed by atoms with van der Waals surface area (Å²) in [6, 6.07) is 7.85. The van der Waals surface area contributed by atoms with E-state index in [2.05, 4.69) is 10.2 Å². The zero-order valence-electron chi connectivity index (χ0n) is 11.4. The zero-order valence-corrected chi connectivity index (χ0v) is 11.4. The second-order valence-electron chi connectivity index (χ2n) is 5.90. The molecule has 2 fully saturated rings. The van der Waals surface area contributed by atoms with E-state index in [4.69, 9.17) is 0 Å². The number of likely N-dealkylation sites (tertiary alicyclic amines) is 1. The van der Waals surface area contributed by atoms with Crippen molar-refractivity contribution in [2.45, 2.75) is 37.6 Å². The van der Waals surface area contributed by atoms with E-state index in [1.807, 2.05) is 12.1 Å². The molecule has 2 saturated heterocycles. The van der Waals surface area contributed by atoms with Crippen LogP contribution in [-0.4, -0.2) is 37.1 Å². The van der Waals surface area contributed by atoms with Crippen molar-refractivity contribution in [2.75, 3.05) is 26.2 Å². The van der Waals surface area contributed by atoms with Gasteiger partial charge in [-0.15, -0.1) is 0 Å². The minimum absolute atomic E-state index is 0.130.